The van der Waals surface area contributed by atoms with Crippen molar-refractivity contribution in [1.82, 2.24) is 0 Å². The number of phenols is 1. The van der Waals surface area contributed by atoms with E-state index in [-0.39, 0.29) is 5.75 Å². The van der Waals surface area contributed by atoms with Crippen LogP contribution in [0.1, 0.15) is 26.3 Å². The second kappa shape index (κ2) is 9.44. The van der Waals surface area contributed by atoms with Crippen molar-refractivity contribution < 1.29 is 19.1 Å². The van der Waals surface area contributed by atoms with Crippen molar-refractivity contribution in [2.24, 2.45) is 0 Å². The highest BCUT2D eigenvalue weighted by atomic mass is 79.9. The minimum Gasteiger partial charge on any atom is -0.504 e. The first-order valence-corrected chi connectivity index (χ1v) is 6.81. The van der Waals surface area contributed by atoms with Gasteiger partial charge < -0.3 is 14.3 Å². The van der Waals surface area contributed by atoms with Gasteiger partial charge in [-0.3, -0.25) is 4.79 Å². The van der Waals surface area contributed by atoms with E-state index in [9.17, 15) is 9.90 Å². The first kappa shape index (κ1) is 17.5. The first-order valence-electron chi connectivity index (χ1n) is 6.01. The molecule has 5 heteroatoms. The van der Waals surface area contributed by atoms with E-state index in [1.807, 2.05) is 26.8 Å². The van der Waals surface area contributed by atoms with E-state index >= 15 is 0 Å². The minimum absolute atomic E-state index is 0.174. The highest BCUT2D eigenvalue weighted by Gasteiger charge is 2.07. The third-order valence-corrected chi connectivity index (χ3v) is 2.51. The summed E-state index contributed by atoms with van der Waals surface area (Å²) >= 11 is 3.30. The highest BCUT2D eigenvalue weighted by Crippen LogP contribution is 2.31. The normalized spacial score (nSPS) is 8.89. The van der Waals surface area contributed by atoms with Crippen molar-refractivity contribution in [3.8, 4) is 5.75 Å². The second-order valence-corrected chi connectivity index (χ2v) is 4.19. The molecule has 0 radical (unpaired) electrons. The molecule has 0 spiro atoms. The summed E-state index contributed by atoms with van der Waals surface area (Å²) in [4.78, 5) is 9.18. The summed E-state index contributed by atoms with van der Waals surface area (Å²) in [7, 11) is 0. The van der Waals surface area contributed by atoms with Crippen LogP contribution in [0.4, 0.5) is 0 Å². The number of hydrogen-bond acceptors (Lipinski definition) is 4. The Hall–Kier alpha value is -1.49. The summed E-state index contributed by atoms with van der Waals surface area (Å²) in [6.07, 6.45) is 1.64. The molecule has 1 aromatic carbocycles. The van der Waals surface area contributed by atoms with E-state index in [1.54, 1.807) is 19.3 Å². The molecule has 0 fully saturated rings. The molecule has 0 saturated carbocycles. The number of aryl methyl sites for hydroxylation is 1. The SMILES string of the molecule is CC.CCOC=O.Cc1coc2c(O)cc(Br)cc12. The molecule has 0 amide bonds. The maximum atomic E-state index is 9.44. The lowest BCUT2D eigenvalue weighted by Crippen LogP contribution is -1.80. The fraction of sp³-hybridized carbons (Fsp3) is 0.357. The fourth-order valence-electron chi connectivity index (χ4n) is 1.27. The standard InChI is InChI=1S/C9H7BrO2.C3H6O2.C2H6/c1-5-4-12-9-7(5)2-6(10)3-8(9)11;1-2-5-3-4;1-2/h2-4,11H,1H3;3H,2H2,1H3;1-2H3. The Balaban J connectivity index is 0.000000396. The van der Waals surface area contributed by atoms with Crippen molar-refractivity contribution in [2.45, 2.75) is 27.7 Å². The number of fused-ring (bicyclic) bond motifs is 1. The van der Waals surface area contributed by atoms with Crippen molar-refractivity contribution in [2.75, 3.05) is 6.61 Å². The molecule has 1 heterocycles. The van der Waals surface area contributed by atoms with E-state index in [0.29, 0.717) is 18.7 Å². The summed E-state index contributed by atoms with van der Waals surface area (Å²) < 4.78 is 10.2. The van der Waals surface area contributed by atoms with Crippen LogP contribution < -0.4 is 0 Å². The molecule has 1 N–H and O–H groups in total. The van der Waals surface area contributed by atoms with Crippen LogP contribution in [-0.2, 0) is 9.53 Å². The molecule has 1 aromatic heterocycles. The Labute approximate surface area is 121 Å². The fourth-order valence-corrected chi connectivity index (χ4v) is 1.72. The molecular weight excluding hydrogens is 312 g/mol. The van der Waals surface area contributed by atoms with Crippen LogP contribution in [0.25, 0.3) is 11.0 Å². The zero-order valence-electron chi connectivity index (χ0n) is 11.6. The number of furan rings is 1. The van der Waals surface area contributed by atoms with E-state index < -0.39 is 0 Å². The molecule has 0 aliphatic rings. The number of ether oxygens (including phenoxy) is 1. The van der Waals surface area contributed by atoms with Crippen molar-refractivity contribution in [3.63, 3.8) is 0 Å². The van der Waals surface area contributed by atoms with Crippen LogP contribution in [0, 0.1) is 6.92 Å². The molecule has 0 atom stereocenters. The van der Waals surface area contributed by atoms with E-state index in [1.165, 1.54) is 0 Å². The topological polar surface area (TPSA) is 59.7 Å². The largest absolute Gasteiger partial charge is 0.504 e. The molecule has 0 saturated heterocycles. The number of benzene rings is 1. The Morgan fingerprint density at radius 3 is 2.53 bits per heavy atom. The molecular formula is C14H19BrO4. The van der Waals surface area contributed by atoms with Crippen LogP contribution in [-0.4, -0.2) is 18.2 Å². The quantitative estimate of drug-likeness (QED) is 0.828. The zero-order chi connectivity index (χ0) is 14.8. The molecule has 4 nitrogen and oxygen atoms in total. The molecule has 0 aliphatic carbocycles. The van der Waals surface area contributed by atoms with Gasteiger partial charge in [0, 0.05) is 9.86 Å². The molecule has 2 rings (SSSR count). The number of carbonyl (C=O) groups excluding carboxylic acids is 1. The summed E-state index contributed by atoms with van der Waals surface area (Å²) in [5.74, 6) is 0.174. The van der Waals surface area contributed by atoms with Gasteiger partial charge in [0.1, 0.15) is 0 Å². The maximum Gasteiger partial charge on any atom is 0.293 e. The first-order chi connectivity index (χ1) is 9.10. The van der Waals surface area contributed by atoms with E-state index in [2.05, 4.69) is 20.7 Å². The minimum atomic E-state index is 0.174. The third-order valence-electron chi connectivity index (χ3n) is 2.05. The molecule has 0 unspecified atom stereocenters. The number of aromatic hydroxyl groups is 1. The lowest BCUT2D eigenvalue weighted by Gasteiger charge is -1.95. The zero-order valence-corrected chi connectivity index (χ0v) is 13.2. The number of halogens is 1. The van der Waals surface area contributed by atoms with Crippen LogP contribution in [0.3, 0.4) is 0 Å². The molecule has 0 bridgehead atoms. The van der Waals surface area contributed by atoms with E-state index in [0.717, 1.165) is 15.4 Å². The monoisotopic (exact) mass is 330 g/mol. The van der Waals surface area contributed by atoms with Gasteiger partial charge in [-0.2, -0.15) is 0 Å². The van der Waals surface area contributed by atoms with Gasteiger partial charge in [-0.1, -0.05) is 29.8 Å². The Bertz CT molecular complexity index is 505. The van der Waals surface area contributed by atoms with E-state index in [4.69, 9.17) is 4.42 Å². The van der Waals surface area contributed by atoms with Crippen molar-refractivity contribution in [3.05, 3.63) is 28.4 Å². The smallest absolute Gasteiger partial charge is 0.293 e. The average molecular weight is 331 g/mol. The molecule has 2 aromatic rings. The predicted octanol–water partition coefficient (Wildman–Crippen LogP) is 4.41. The lowest BCUT2D eigenvalue weighted by molar-refractivity contribution is -0.128. The van der Waals surface area contributed by atoms with Gasteiger partial charge in [0.15, 0.2) is 11.3 Å². The Morgan fingerprint density at radius 2 is 2.05 bits per heavy atom. The highest BCUT2D eigenvalue weighted by molar-refractivity contribution is 9.10. The van der Waals surface area contributed by atoms with Gasteiger partial charge >= 0.3 is 0 Å². The third kappa shape index (κ3) is 5.34. The molecule has 19 heavy (non-hydrogen) atoms. The Kier molecular flexibility index (Phi) is 8.70. The second-order valence-electron chi connectivity index (χ2n) is 3.27. The van der Waals surface area contributed by atoms with Gasteiger partial charge in [0.2, 0.25) is 0 Å². The molecule has 0 aliphatic heterocycles. The van der Waals surface area contributed by atoms with Gasteiger partial charge in [0.25, 0.3) is 6.47 Å². The van der Waals surface area contributed by atoms with Crippen LogP contribution in [0.15, 0.2) is 27.3 Å². The van der Waals surface area contributed by atoms with Gasteiger partial charge in [-0.25, -0.2) is 0 Å². The molecule has 106 valence electrons. The maximum absolute atomic E-state index is 9.44. The number of rotatable bonds is 2. The summed E-state index contributed by atoms with van der Waals surface area (Å²) in [6, 6.07) is 3.54. The summed E-state index contributed by atoms with van der Waals surface area (Å²) in [6.45, 7) is 8.61. The van der Waals surface area contributed by atoms with Crippen LogP contribution in [0.2, 0.25) is 0 Å². The Morgan fingerprint density at radius 1 is 1.42 bits per heavy atom. The number of phenolic OH excluding ortho intramolecular Hbond substituents is 1. The lowest BCUT2D eigenvalue weighted by atomic mass is 10.2. The summed E-state index contributed by atoms with van der Waals surface area (Å²) in [5, 5.41) is 10.4. The van der Waals surface area contributed by atoms with Crippen LogP contribution >= 0.6 is 15.9 Å². The van der Waals surface area contributed by atoms with Crippen LogP contribution in [0.5, 0.6) is 5.75 Å². The number of hydrogen-bond donors (Lipinski definition) is 1. The van der Waals surface area contributed by atoms with Crippen molar-refractivity contribution in [1.29, 1.82) is 0 Å². The van der Waals surface area contributed by atoms with Gasteiger partial charge in [0.05, 0.1) is 12.9 Å². The average Bonchev–Trinajstić information content (AvgIpc) is 2.76. The van der Waals surface area contributed by atoms with Crippen molar-refractivity contribution >= 4 is 33.4 Å². The summed E-state index contributed by atoms with van der Waals surface area (Å²) in [5.41, 5.74) is 1.58. The van der Waals surface area contributed by atoms with Gasteiger partial charge in [-0.05, 0) is 31.5 Å². The predicted molar refractivity (Wildman–Crippen MR) is 79.4 cm³/mol. The number of carbonyl (C=O) groups is 1. The van der Waals surface area contributed by atoms with Gasteiger partial charge in [-0.15, -0.1) is 0 Å².